The second kappa shape index (κ2) is 9.87. The summed E-state index contributed by atoms with van der Waals surface area (Å²) in [4.78, 5) is 45.1. The average Bonchev–Trinajstić information content (AvgIpc) is 3.41. The molecule has 0 unspecified atom stereocenters. The molecule has 11 nitrogen and oxygen atoms in total. The summed E-state index contributed by atoms with van der Waals surface area (Å²) in [5.41, 5.74) is -0.592. The molecule has 0 aliphatic carbocycles. The van der Waals surface area contributed by atoms with Crippen molar-refractivity contribution < 1.29 is 37.4 Å². The smallest absolute Gasteiger partial charge is 0.405 e. The van der Waals surface area contributed by atoms with E-state index in [1.807, 2.05) is 0 Å². The summed E-state index contributed by atoms with van der Waals surface area (Å²) in [7, 11) is 1.50. The van der Waals surface area contributed by atoms with E-state index in [1.165, 1.54) is 17.9 Å². The van der Waals surface area contributed by atoms with Crippen molar-refractivity contribution in [2.45, 2.75) is 18.3 Å². The third-order valence-corrected chi connectivity index (χ3v) is 6.42. The van der Waals surface area contributed by atoms with Gasteiger partial charge in [-0.1, -0.05) is 24.3 Å². The largest absolute Gasteiger partial charge is 0.497 e. The Morgan fingerprint density at radius 2 is 1.88 bits per heavy atom. The number of amides is 4. The van der Waals surface area contributed by atoms with Crippen LogP contribution in [-0.2, 0) is 16.9 Å². The molecule has 2 aromatic heterocycles. The van der Waals surface area contributed by atoms with Crippen LogP contribution in [0.5, 0.6) is 11.6 Å². The fourth-order valence-electron chi connectivity index (χ4n) is 4.42. The number of benzene rings is 2. The zero-order valence-corrected chi connectivity index (χ0v) is 20.7. The van der Waals surface area contributed by atoms with Crippen LogP contribution in [0.15, 0.2) is 61.1 Å². The van der Waals surface area contributed by atoms with Crippen LogP contribution in [-0.4, -0.2) is 57.3 Å². The Morgan fingerprint density at radius 1 is 1.12 bits per heavy atom. The minimum Gasteiger partial charge on any atom is -0.497 e. The Balaban J connectivity index is 1.41. The molecule has 1 atom stereocenters. The highest BCUT2D eigenvalue weighted by Crippen LogP contribution is 2.35. The van der Waals surface area contributed by atoms with Gasteiger partial charge in [0, 0.05) is 22.5 Å². The van der Waals surface area contributed by atoms with E-state index in [2.05, 4.69) is 20.6 Å². The van der Waals surface area contributed by atoms with Crippen molar-refractivity contribution in [3.05, 3.63) is 72.3 Å². The number of carbonyl (C=O) groups is 3. The molecule has 1 saturated heterocycles. The zero-order chi connectivity index (χ0) is 28.7. The van der Waals surface area contributed by atoms with Crippen molar-refractivity contribution in [3.63, 3.8) is 0 Å². The monoisotopic (exact) mass is 554 g/mol. The van der Waals surface area contributed by atoms with E-state index < -0.39 is 36.1 Å². The maximum atomic E-state index is 13.1. The van der Waals surface area contributed by atoms with Crippen LogP contribution in [0.1, 0.15) is 16.1 Å². The number of hydrogen-bond acceptors (Lipinski definition) is 7. The fourth-order valence-corrected chi connectivity index (χ4v) is 4.42. The van der Waals surface area contributed by atoms with Crippen LogP contribution >= 0.6 is 0 Å². The number of nitrogens with zero attached hydrogens (tertiary/aromatic N) is 3. The first-order valence-electron chi connectivity index (χ1n) is 11.8. The van der Waals surface area contributed by atoms with Gasteiger partial charge < -0.3 is 25.0 Å². The quantitative estimate of drug-likeness (QED) is 0.257. The zero-order valence-electron chi connectivity index (χ0n) is 20.7. The number of rotatable bonds is 7. The van der Waals surface area contributed by atoms with E-state index in [9.17, 15) is 32.7 Å². The van der Waals surface area contributed by atoms with Gasteiger partial charge in [0.25, 0.3) is 11.8 Å². The summed E-state index contributed by atoms with van der Waals surface area (Å²) in [6, 6.07) is 10.9. The molecule has 0 radical (unpaired) electrons. The normalized spacial score (nSPS) is 17.0. The van der Waals surface area contributed by atoms with Crippen LogP contribution in [0.3, 0.4) is 0 Å². The number of ether oxygens (including phenoxy) is 1. The maximum Gasteiger partial charge on any atom is 0.405 e. The van der Waals surface area contributed by atoms with E-state index in [1.54, 1.807) is 54.0 Å². The summed E-state index contributed by atoms with van der Waals surface area (Å²) in [5.74, 6) is -1.21. The molecule has 4 N–H and O–H groups in total. The van der Waals surface area contributed by atoms with Crippen molar-refractivity contribution in [2.24, 2.45) is 0 Å². The standard InChI is InChI=1S/C26H21F3N6O5/c1-40-17-7-4-15-11-35(22(37)18(15)8-17)13-25(23(38)33-24(39)34-25)16-5-2-14(3-6-16)19-9-31-20(10-30-19)21(36)32-12-26(27,28)29/h2-11,37H,12-13H2,1H3,(H,32,36)(H2,33,34,38,39)/t25-/m0/s1. The third-order valence-electron chi connectivity index (χ3n) is 6.42. The molecule has 14 heteroatoms. The number of halogens is 3. The van der Waals surface area contributed by atoms with Gasteiger partial charge in [-0.3, -0.25) is 19.9 Å². The summed E-state index contributed by atoms with van der Waals surface area (Å²) in [5, 5.41) is 18.7. The second-order valence-corrected chi connectivity index (χ2v) is 9.01. The van der Waals surface area contributed by atoms with Gasteiger partial charge in [0.2, 0.25) is 0 Å². The van der Waals surface area contributed by atoms with E-state index in [0.29, 0.717) is 33.3 Å². The van der Waals surface area contributed by atoms with Crippen molar-refractivity contribution in [1.82, 2.24) is 30.5 Å². The highest BCUT2D eigenvalue weighted by molar-refractivity contribution is 6.07. The number of fused-ring (bicyclic) bond motifs is 1. The van der Waals surface area contributed by atoms with E-state index in [-0.39, 0.29) is 18.1 Å². The number of imide groups is 1. The molecule has 1 aliphatic heterocycles. The molecule has 206 valence electrons. The minimum absolute atomic E-state index is 0.117. The van der Waals surface area contributed by atoms with Crippen LogP contribution in [0, 0.1) is 0 Å². The van der Waals surface area contributed by atoms with Gasteiger partial charge in [-0.25, -0.2) is 9.78 Å². The summed E-state index contributed by atoms with van der Waals surface area (Å²) >= 11 is 0. The molecule has 1 aliphatic rings. The molecule has 0 spiro atoms. The van der Waals surface area contributed by atoms with Gasteiger partial charge in [-0.15, -0.1) is 0 Å². The molecule has 0 bridgehead atoms. The second-order valence-electron chi connectivity index (χ2n) is 9.01. The lowest BCUT2D eigenvalue weighted by Gasteiger charge is -2.27. The SMILES string of the molecule is COc1ccc2cn(C[C@@]3(c4ccc(-c5cnc(C(=O)NCC(F)(F)F)cn5)cc4)NC(=O)NC3=O)c(O)c2c1. The number of alkyl halides is 3. The van der Waals surface area contributed by atoms with Crippen molar-refractivity contribution >= 4 is 28.6 Å². The van der Waals surface area contributed by atoms with Crippen LogP contribution in [0.2, 0.25) is 0 Å². The van der Waals surface area contributed by atoms with Crippen LogP contribution < -0.4 is 20.7 Å². The molecule has 4 aromatic rings. The number of urea groups is 1. The minimum atomic E-state index is -4.56. The Labute approximate surface area is 224 Å². The Morgan fingerprint density at radius 3 is 2.48 bits per heavy atom. The number of hydrogen-bond donors (Lipinski definition) is 4. The predicted octanol–water partition coefficient (Wildman–Crippen LogP) is 2.84. The Kier molecular flexibility index (Phi) is 6.53. The van der Waals surface area contributed by atoms with Gasteiger partial charge in [-0.05, 0) is 23.8 Å². The van der Waals surface area contributed by atoms with Gasteiger partial charge in [0.1, 0.15) is 18.0 Å². The third kappa shape index (κ3) is 4.98. The van der Waals surface area contributed by atoms with Gasteiger partial charge >= 0.3 is 12.2 Å². The van der Waals surface area contributed by atoms with E-state index >= 15 is 0 Å². The molecule has 1 fully saturated rings. The topological polar surface area (TPSA) is 147 Å². The maximum absolute atomic E-state index is 13.1. The van der Waals surface area contributed by atoms with Gasteiger partial charge in [-0.2, -0.15) is 13.2 Å². The molecule has 2 aromatic carbocycles. The van der Waals surface area contributed by atoms with Crippen LogP contribution in [0.25, 0.3) is 22.0 Å². The van der Waals surface area contributed by atoms with Gasteiger partial charge in [0.15, 0.2) is 11.4 Å². The fraction of sp³-hybridized carbons (Fsp3) is 0.192. The van der Waals surface area contributed by atoms with Crippen molar-refractivity contribution in [3.8, 4) is 22.9 Å². The molecule has 0 saturated carbocycles. The lowest BCUT2D eigenvalue weighted by Crippen LogP contribution is -2.47. The van der Waals surface area contributed by atoms with E-state index in [4.69, 9.17) is 4.74 Å². The van der Waals surface area contributed by atoms with Crippen molar-refractivity contribution in [1.29, 1.82) is 0 Å². The number of methoxy groups -OCH3 is 1. The first kappa shape index (κ1) is 26.5. The molecule has 40 heavy (non-hydrogen) atoms. The summed E-state index contributed by atoms with van der Waals surface area (Å²) in [6.07, 6.45) is -0.622. The lowest BCUT2D eigenvalue weighted by atomic mass is 9.89. The summed E-state index contributed by atoms with van der Waals surface area (Å²) in [6.45, 7) is -1.62. The Hall–Kier alpha value is -5.14. The molecule has 5 rings (SSSR count). The lowest BCUT2D eigenvalue weighted by molar-refractivity contribution is -0.125. The molecule has 4 amide bonds. The predicted molar refractivity (Wildman–Crippen MR) is 134 cm³/mol. The van der Waals surface area contributed by atoms with Crippen molar-refractivity contribution in [2.75, 3.05) is 13.7 Å². The number of aromatic hydroxyl groups is 1. The number of nitrogens with one attached hydrogen (secondary N) is 3. The average molecular weight is 554 g/mol. The highest BCUT2D eigenvalue weighted by atomic mass is 19.4. The van der Waals surface area contributed by atoms with Crippen LogP contribution in [0.4, 0.5) is 18.0 Å². The highest BCUT2D eigenvalue weighted by Gasteiger charge is 2.48. The first-order valence-corrected chi connectivity index (χ1v) is 11.8. The Bertz CT molecular complexity index is 1620. The molecule has 3 heterocycles. The molecular weight excluding hydrogens is 533 g/mol. The van der Waals surface area contributed by atoms with E-state index in [0.717, 1.165) is 6.20 Å². The number of aromatic nitrogens is 3. The first-order chi connectivity index (χ1) is 19.0. The van der Waals surface area contributed by atoms with Gasteiger partial charge in [0.05, 0.1) is 31.7 Å². The summed E-state index contributed by atoms with van der Waals surface area (Å²) < 4.78 is 43.7. The molecular formula is C26H21F3N6O5. The number of carbonyl (C=O) groups excluding carboxylic acids is 3.